The fourth-order valence-electron chi connectivity index (χ4n) is 0.750. The second kappa shape index (κ2) is 7.52. The minimum atomic E-state index is -0.944. The molecule has 0 amide bonds. The number of carboxylic acids is 1. The number of alkyl halides is 1. The van der Waals surface area contributed by atoms with E-state index < -0.39 is 12.1 Å². The third kappa shape index (κ3) is 7.21. The molecule has 5 heteroatoms. The molecule has 0 aliphatic heterocycles. The van der Waals surface area contributed by atoms with Gasteiger partial charge in [0.05, 0.1) is 19.3 Å². The Hall–Kier alpha value is 0.120. The molecular weight excluding hydrogens is 287 g/mol. The molecule has 0 fully saturated rings. The third-order valence-corrected chi connectivity index (χ3v) is 1.80. The summed E-state index contributed by atoms with van der Waals surface area (Å²) in [5, 5.41) is 8.54. The third-order valence-electron chi connectivity index (χ3n) is 1.36. The van der Waals surface area contributed by atoms with Crippen LogP contribution >= 0.6 is 22.6 Å². The Labute approximate surface area is 91.7 Å². The molecule has 0 aliphatic carbocycles. The number of rotatable bonds is 7. The van der Waals surface area contributed by atoms with Gasteiger partial charge in [-0.25, -0.2) is 4.79 Å². The van der Waals surface area contributed by atoms with E-state index in [9.17, 15) is 4.79 Å². The average molecular weight is 302 g/mol. The van der Waals surface area contributed by atoms with Gasteiger partial charge in [-0.3, -0.25) is 0 Å². The van der Waals surface area contributed by atoms with Crippen LogP contribution in [0.4, 0.5) is 0 Å². The Balaban J connectivity index is 3.49. The van der Waals surface area contributed by atoms with Crippen molar-refractivity contribution in [3.8, 4) is 0 Å². The van der Waals surface area contributed by atoms with Crippen LogP contribution in [0.2, 0.25) is 0 Å². The van der Waals surface area contributed by atoms with Crippen LogP contribution in [-0.4, -0.2) is 40.9 Å². The zero-order valence-corrected chi connectivity index (χ0v) is 9.98. The number of carbonyl (C=O) groups is 1. The molecule has 0 spiro atoms. The van der Waals surface area contributed by atoms with Gasteiger partial charge in [-0.15, -0.1) is 0 Å². The SMILES string of the molecule is CC(COCCI)OC(C)C(=O)O. The molecule has 0 saturated heterocycles. The van der Waals surface area contributed by atoms with E-state index in [1.807, 2.05) is 0 Å². The fourth-order valence-corrected chi connectivity index (χ4v) is 1.06. The molecule has 0 aromatic carbocycles. The monoisotopic (exact) mass is 302 g/mol. The van der Waals surface area contributed by atoms with Gasteiger partial charge in [0.25, 0.3) is 0 Å². The van der Waals surface area contributed by atoms with Crippen LogP contribution in [0.5, 0.6) is 0 Å². The summed E-state index contributed by atoms with van der Waals surface area (Å²) in [6.45, 7) is 4.43. The van der Waals surface area contributed by atoms with Crippen LogP contribution in [0.15, 0.2) is 0 Å². The molecular formula is C8H15IO4. The predicted octanol–water partition coefficient (Wildman–Crippen LogP) is 1.32. The summed E-state index contributed by atoms with van der Waals surface area (Å²) in [5.41, 5.74) is 0. The van der Waals surface area contributed by atoms with E-state index >= 15 is 0 Å². The second-order valence-corrected chi connectivity index (χ2v) is 3.77. The smallest absolute Gasteiger partial charge is 0.332 e. The van der Waals surface area contributed by atoms with Crippen LogP contribution in [0.3, 0.4) is 0 Å². The summed E-state index contributed by atoms with van der Waals surface area (Å²) in [4.78, 5) is 10.4. The Morgan fingerprint density at radius 2 is 2.15 bits per heavy atom. The number of halogens is 1. The van der Waals surface area contributed by atoms with Crippen molar-refractivity contribution in [2.24, 2.45) is 0 Å². The maximum atomic E-state index is 10.4. The van der Waals surface area contributed by atoms with E-state index in [0.717, 1.165) is 4.43 Å². The Bertz CT molecular complexity index is 151. The Morgan fingerprint density at radius 3 is 2.62 bits per heavy atom. The van der Waals surface area contributed by atoms with Crippen molar-refractivity contribution < 1.29 is 19.4 Å². The van der Waals surface area contributed by atoms with Crippen molar-refractivity contribution >= 4 is 28.6 Å². The van der Waals surface area contributed by atoms with Crippen molar-refractivity contribution in [3.63, 3.8) is 0 Å². The first kappa shape index (κ1) is 13.1. The highest BCUT2D eigenvalue weighted by Crippen LogP contribution is 1.99. The van der Waals surface area contributed by atoms with Crippen molar-refractivity contribution in [2.45, 2.75) is 26.1 Å². The molecule has 13 heavy (non-hydrogen) atoms. The number of ether oxygens (including phenoxy) is 2. The van der Waals surface area contributed by atoms with Gasteiger partial charge in [0.2, 0.25) is 0 Å². The summed E-state index contributed by atoms with van der Waals surface area (Å²) < 4.78 is 11.3. The summed E-state index contributed by atoms with van der Waals surface area (Å²) in [7, 11) is 0. The van der Waals surface area contributed by atoms with Crippen molar-refractivity contribution in [1.29, 1.82) is 0 Å². The Morgan fingerprint density at radius 1 is 1.54 bits per heavy atom. The average Bonchev–Trinajstić information content (AvgIpc) is 2.04. The van der Waals surface area contributed by atoms with Crippen LogP contribution in [0.1, 0.15) is 13.8 Å². The predicted molar refractivity (Wildman–Crippen MR) is 57.4 cm³/mol. The topological polar surface area (TPSA) is 55.8 Å². The first-order valence-electron chi connectivity index (χ1n) is 4.10. The molecule has 2 atom stereocenters. The first-order chi connectivity index (χ1) is 6.07. The minimum absolute atomic E-state index is 0.172. The summed E-state index contributed by atoms with van der Waals surface area (Å²) in [6.07, 6.45) is -0.938. The number of hydrogen-bond acceptors (Lipinski definition) is 3. The molecule has 1 N–H and O–H groups in total. The minimum Gasteiger partial charge on any atom is -0.479 e. The van der Waals surface area contributed by atoms with Gasteiger partial charge in [-0.2, -0.15) is 0 Å². The maximum Gasteiger partial charge on any atom is 0.332 e. The van der Waals surface area contributed by atoms with Gasteiger partial charge >= 0.3 is 5.97 Å². The zero-order chi connectivity index (χ0) is 10.3. The zero-order valence-electron chi connectivity index (χ0n) is 7.83. The molecule has 0 saturated carbocycles. The van der Waals surface area contributed by atoms with Crippen LogP contribution in [0.25, 0.3) is 0 Å². The standard InChI is InChI=1S/C8H15IO4/c1-6(5-12-4-3-9)13-7(2)8(10)11/h6-7H,3-5H2,1-2H3,(H,10,11). The molecule has 78 valence electrons. The summed E-state index contributed by atoms with van der Waals surface area (Å²) in [5.74, 6) is -0.944. The molecule has 0 bridgehead atoms. The van der Waals surface area contributed by atoms with Crippen molar-refractivity contribution in [1.82, 2.24) is 0 Å². The first-order valence-corrected chi connectivity index (χ1v) is 5.62. The molecule has 0 aromatic rings. The molecule has 0 aromatic heterocycles. The molecule has 0 aliphatic rings. The van der Waals surface area contributed by atoms with Gasteiger partial charge in [0.15, 0.2) is 6.10 Å². The van der Waals surface area contributed by atoms with Crippen molar-refractivity contribution in [3.05, 3.63) is 0 Å². The number of carboxylic acid groups (broad SMARTS) is 1. The van der Waals surface area contributed by atoms with Gasteiger partial charge in [-0.1, -0.05) is 22.6 Å². The van der Waals surface area contributed by atoms with E-state index in [2.05, 4.69) is 22.6 Å². The van der Waals surface area contributed by atoms with Gasteiger partial charge in [0.1, 0.15) is 0 Å². The molecule has 2 unspecified atom stereocenters. The highest BCUT2D eigenvalue weighted by molar-refractivity contribution is 14.1. The normalized spacial score (nSPS) is 15.3. The molecule has 0 radical (unpaired) electrons. The summed E-state index contributed by atoms with van der Waals surface area (Å²) in [6, 6.07) is 0. The van der Waals surface area contributed by atoms with Crippen LogP contribution in [-0.2, 0) is 14.3 Å². The van der Waals surface area contributed by atoms with Crippen LogP contribution in [0, 0.1) is 0 Å². The molecule has 4 nitrogen and oxygen atoms in total. The maximum absolute atomic E-state index is 10.4. The van der Waals surface area contributed by atoms with E-state index in [1.165, 1.54) is 6.92 Å². The highest BCUT2D eigenvalue weighted by atomic mass is 127. The van der Waals surface area contributed by atoms with Gasteiger partial charge in [-0.05, 0) is 13.8 Å². The number of hydrogen-bond donors (Lipinski definition) is 1. The molecule has 0 heterocycles. The largest absolute Gasteiger partial charge is 0.479 e. The fraction of sp³-hybridized carbons (Fsp3) is 0.875. The van der Waals surface area contributed by atoms with E-state index in [0.29, 0.717) is 13.2 Å². The van der Waals surface area contributed by atoms with E-state index in [4.69, 9.17) is 14.6 Å². The lowest BCUT2D eigenvalue weighted by molar-refractivity contribution is -0.154. The second-order valence-electron chi connectivity index (χ2n) is 2.69. The molecule has 0 rings (SSSR count). The van der Waals surface area contributed by atoms with E-state index in [1.54, 1.807) is 6.92 Å². The lowest BCUT2D eigenvalue weighted by atomic mass is 10.4. The number of aliphatic carboxylic acids is 1. The van der Waals surface area contributed by atoms with Gasteiger partial charge in [0, 0.05) is 4.43 Å². The van der Waals surface area contributed by atoms with Crippen LogP contribution < -0.4 is 0 Å². The van der Waals surface area contributed by atoms with Gasteiger partial charge < -0.3 is 14.6 Å². The highest BCUT2D eigenvalue weighted by Gasteiger charge is 2.14. The summed E-state index contributed by atoms with van der Waals surface area (Å²) >= 11 is 2.21. The van der Waals surface area contributed by atoms with Crippen molar-refractivity contribution in [2.75, 3.05) is 17.6 Å². The van der Waals surface area contributed by atoms with E-state index in [-0.39, 0.29) is 6.10 Å². The Kier molecular flexibility index (Phi) is 7.59. The quantitative estimate of drug-likeness (QED) is 0.438. The lowest BCUT2D eigenvalue weighted by Gasteiger charge is -2.15. The lowest BCUT2D eigenvalue weighted by Crippen LogP contribution is -2.27.